The molecule has 1 fully saturated rings. The summed E-state index contributed by atoms with van der Waals surface area (Å²) in [6.07, 6.45) is 4.66. The molecule has 3 nitrogen and oxygen atoms in total. The molecule has 0 aromatic heterocycles. The van der Waals surface area contributed by atoms with Crippen LogP contribution in [0.25, 0.3) is 0 Å². The van der Waals surface area contributed by atoms with Gasteiger partial charge in [0, 0.05) is 6.04 Å². The highest BCUT2D eigenvalue weighted by molar-refractivity contribution is 5.70. The van der Waals surface area contributed by atoms with Gasteiger partial charge in [0.1, 0.15) is 0 Å². The first-order chi connectivity index (χ1) is 9.58. The van der Waals surface area contributed by atoms with Gasteiger partial charge in [-0.2, -0.15) is 0 Å². The van der Waals surface area contributed by atoms with Gasteiger partial charge >= 0.3 is 5.97 Å². The summed E-state index contributed by atoms with van der Waals surface area (Å²) in [7, 11) is 0. The lowest BCUT2D eigenvalue weighted by Crippen LogP contribution is -2.36. The zero-order chi connectivity index (χ0) is 14.5. The van der Waals surface area contributed by atoms with Crippen molar-refractivity contribution in [3.8, 4) is 0 Å². The number of nitrogens with one attached hydrogen (secondary N) is 1. The number of hydrogen-bond donors (Lipinski definition) is 2. The molecule has 2 rings (SSSR count). The smallest absolute Gasteiger partial charge is 0.306 e. The first-order valence-electron chi connectivity index (χ1n) is 7.59. The first kappa shape index (κ1) is 15.0. The highest BCUT2D eigenvalue weighted by Crippen LogP contribution is 2.24. The fourth-order valence-corrected chi connectivity index (χ4v) is 3.19. The highest BCUT2D eigenvalue weighted by atomic mass is 16.4. The molecule has 0 atom stereocenters. The van der Waals surface area contributed by atoms with Crippen molar-refractivity contribution in [3.05, 3.63) is 34.9 Å². The minimum atomic E-state index is -0.626. The van der Waals surface area contributed by atoms with E-state index in [0.29, 0.717) is 6.04 Å². The van der Waals surface area contributed by atoms with Gasteiger partial charge in [0.15, 0.2) is 0 Å². The third-order valence-electron chi connectivity index (χ3n) is 4.53. The minimum Gasteiger partial charge on any atom is -0.481 e. The molecular weight excluding hydrogens is 250 g/mol. The van der Waals surface area contributed by atoms with Gasteiger partial charge in [0.05, 0.1) is 5.92 Å². The lowest BCUT2D eigenvalue weighted by molar-refractivity contribution is -0.142. The largest absolute Gasteiger partial charge is 0.481 e. The van der Waals surface area contributed by atoms with Crippen LogP contribution >= 0.6 is 0 Å². The first-order valence-corrected chi connectivity index (χ1v) is 7.59. The van der Waals surface area contributed by atoms with Crippen molar-refractivity contribution in [1.29, 1.82) is 0 Å². The van der Waals surface area contributed by atoms with Gasteiger partial charge in [0.25, 0.3) is 0 Å². The maximum atomic E-state index is 10.9. The summed E-state index contributed by atoms with van der Waals surface area (Å²) in [6, 6.07) is 6.94. The molecule has 1 aliphatic carbocycles. The van der Waals surface area contributed by atoms with E-state index in [4.69, 9.17) is 5.11 Å². The summed E-state index contributed by atoms with van der Waals surface area (Å²) in [5.74, 6) is -0.745. The average Bonchev–Trinajstić information content (AvgIpc) is 2.42. The van der Waals surface area contributed by atoms with Gasteiger partial charge in [-0.05, 0) is 69.2 Å². The number of carboxylic acid groups (broad SMARTS) is 1. The third kappa shape index (κ3) is 3.83. The van der Waals surface area contributed by atoms with E-state index in [1.54, 1.807) is 0 Å². The normalized spacial score (nSPS) is 22.7. The van der Waals surface area contributed by atoms with Crippen LogP contribution in [-0.4, -0.2) is 23.7 Å². The van der Waals surface area contributed by atoms with Gasteiger partial charge < -0.3 is 10.4 Å². The Balaban J connectivity index is 1.76. The molecule has 0 heterocycles. The SMILES string of the molecule is Cc1cccc(C)c1CCNC1CCC(C(=O)O)CC1. The van der Waals surface area contributed by atoms with E-state index >= 15 is 0 Å². The van der Waals surface area contributed by atoms with Crippen molar-refractivity contribution in [2.24, 2.45) is 5.92 Å². The molecule has 0 amide bonds. The van der Waals surface area contributed by atoms with Crippen LogP contribution in [-0.2, 0) is 11.2 Å². The minimum absolute atomic E-state index is 0.119. The Morgan fingerprint density at radius 3 is 2.35 bits per heavy atom. The molecule has 0 saturated heterocycles. The van der Waals surface area contributed by atoms with Crippen LogP contribution in [0.4, 0.5) is 0 Å². The van der Waals surface area contributed by atoms with Gasteiger partial charge in [-0.1, -0.05) is 18.2 Å². The number of hydrogen-bond acceptors (Lipinski definition) is 2. The third-order valence-corrected chi connectivity index (χ3v) is 4.53. The van der Waals surface area contributed by atoms with Gasteiger partial charge in [0.2, 0.25) is 0 Å². The molecule has 1 aromatic rings. The fourth-order valence-electron chi connectivity index (χ4n) is 3.19. The molecule has 0 spiro atoms. The van der Waals surface area contributed by atoms with E-state index in [2.05, 4.69) is 37.4 Å². The summed E-state index contributed by atoms with van der Waals surface area (Å²) in [6.45, 7) is 5.31. The molecule has 0 radical (unpaired) electrons. The van der Waals surface area contributed by atoms with Gasteiger partial charge in [-0.15, -0.1) is 0 Å². The second kappa shape index (κ2) is 6.89. The predicted octanol–water partition coefficient (Wildman–Crippen LogP) is 3.08. The number of carbonyl (C=O) groups is 1. The Labute approximate surface area is 121 Å². The summed E-state index contributed by atoms with van der Waals surface area (Å²) < 4.78 is 0. The van der Waals surface area contributed by atoms with E-state index in [1.165, 1.54) is 16.7 Å². The highest BCUT2D eigenvalue weighted by Gasteiger charge is 2.25. The van der Waals surface area contributed by atoms with E-state index in [0.717, 1.165) is 38.6 Å². The van der Waals surface area contributed by atoms with Crippen LogP contribution in [0.2, 0.25) is 0 Å². The van der Waals surface area contributed by atoms with Crippen LogP contribution in [0.5, 0.6) is 0 Å². The molecule has 1 aromatic carbocycles. The Hall–Kier alpha value is -1.35. The average molecular weight is 275 g/mol. The van der Waals surface area contributed by atoms with Crippen molar-refractivity contribution in [1.82, 2.24) is 5.32 Å². The number of aryl methyl sites for hydroxylation is 2. The zero-order valence-electron chi connectivity index (χ0n) is 12.5. The Bertz CT molecular complexity index is 442. The number of carboxylic acids is 1. The quantitative estimate of drug-likeness (QED) is 0.868. The van der Waals surface area contributed by atoms with Crippen LogP contribution in [0.3, 0.4) is 0 Å². The van der Waals surface area contributed by atoms with Crippen molar-refractivity contribution in [3.63, 3.8) is 0 Å². The van der Waals surface area contributed by atoms with E-state index in [9.17, 15) is 4.79 Å². The molecule has 0 aliphatic heterocycles. The number of rotatable bonds is 5. The zero-order valence-corrected chi connectivity index (χ0v) is 12.5. The molecule has 0 bridgehead atoms. The van der Waals surface area contributed by atoms with Crippen LogP contribution in [0, 0.1) is 19.8 Å². The van der Waals surface area contributed by atoms with Gasteiger partial charge in [-0.3, -0.25) is 4.79 Å². The summed E-state index contributed by atoms with van der Waals surface area (Å²) >= 11 is 0. The summed E-state index contributed by atoms with van der Waals surface area (Å²) in [5.41, 5.74) is 4.17. The summed E-state index contributed by atoms with van der Waals surface area (Å²) in [4.78, 5) is 10.9. The van der Waals surface area contributed by atoms with Crippen LogP contribution in [0.15, 0.2) is 18.2 Å². The van der Waals surface area contributed by atoms with E-state index < -0.39 is 5.97 Å². The van der Waals surface area contributed by atoms with Crippen LogP contribution in [0.1, 0.15) is 42.4 Å². The monoisotopic (exact) mass is 275 g/mol. The molecule has 110 valence electrons. The van der Waals surface area contributed by atoms with Crippen molar-refractivity contribution in [2.45, 2.75) is 52.0 Å². The molecular formula is C17H25NO2. The maximum absolute atomic E-state index is 10.9. The van der Waals surface area contributed by atoms with Crippen molar-refractivity contribution >= 4 is 5.97 Å². The van der Waals surface area contributed by atoms with Gasteiger partial charge in [-0.25, -0.2) is 0 Å². The van der Waals surface area contributed by atoms with Crippen molar-refractivity contribution < 1.29 is 9.90 Å². The second-order valence-electron chi connectivity index (χ2n) is 5.96. The molecule has 2 N–H and O–H groups in total. The standard InChI is InChI=1S/C17H25NO2/c1-12-4-3-5-13(2)16(12)10-11-18-15-8-6-14(7-9-15)17(19)20/h3-5,14-15,18H,6-11H2,1-2H3,(H,19,20). The summed E-state index contributed by atoms with van der Waals surface area (Å²) in [5, 5.41) is 12.6. The predicted molar refractivity (Wildman–Crippen MR) is 81.0 cm³/mol. The van der Waals surface area contributed by atoms with Crippen molar-refractivity contribution in [2.75, 3.05) is 6.54 Å². The van der Waals surface area contributed by atoms with E-state index in [1.807, 2.05) is 0 Å². The Morgan fingerprint density at radius 1 is 1.20 bits per heavy atom. The van der Waals surface area contributed by atoms with E-state index in [-0.39, 0.29) is 5.92 Å². The number of aliphatic carboxylic acids is 1. The Kier molecular flexibility index (Phi) is 5.18. The molecule has 20 heavy (non-hydrogen) atoms. The maximum Gasteiger partial charge on any atom is 0.306 e. The molecule has 1 aliphatic rings. The lowest BCUT2D eigenvalue weighted by atomic mass is 9.86. The lowest BCUT2D eigenvalue weighted by Gasteiger charge is -2.27. The molecule has 3 heteroatoms. The molecule has 1 saturated carbocycles. The molecule has 0 unspecified atom stereocenters. The number of benzene rings is 1. The Morgan fingerprint density at radius 2 is 1.80 bits per heavy atom. The fraction of sp³-hybridized carbons (Fsp3) is 0.588. The topological polar surface area (TPSA) is 49.3 Å². The van der Waals surface area contributed by atoms with Crippen LogP contribution < -0.4 is 5.32 Å². The second-order valence-corrected chi connectivity index (χ2v) is 5.96.